The van der Waals surface area contributed by atoms with E-state index >= 15 is 0 Å². The number of fused-ring (bicyclic) bond motifs is 1. The fourth-order valence-corrected chi connectivity index (χ4v) is 3.47. The van der Waals surface area contributed by atoms with Crippen molar-refractivity contribution >= 4 is 5.69 Å². The Kier molecular flexibility index (Phi) is 2.83. The SMILES string of the molecule is CC(O)c1cccc2c1CCN2C1CCCC1. The minimum absolute atomic E-state index is 0.339. The van der Waals surface area contributed by atoms with Crippen LogP contribution in [0.25, 0.3) is 0 Å². The van der Waals surface area contributed by atoms with E-state index in [1.807, 2.05) is 6.92 Å². The van der Waals surface area contributed by atoms with Crippen LogP contribution >= 0.6 is 0 Å². The molecule has 0 saturated heterocycles. The van der Waals surface area contributed by atoms with Crippen LogP contribution in [0.15, 0.2) is 18.2 Å². The topological polar surface area (TPSA) is 23.5 Å². The van der Waals surface area contributed by atoms with Gasteiger partial charge in [-0.3, -0.25) is 0 Å². The van der Waals surface area contributed by atoms with E-state index in [1.54, 1.807) is 0 Å². The summed E-state index contributed by atoms with van der Waals surface area (Å²) in [6, 6.07) is 7.14. The lowest BCUT2D eigenvalue weighted by Gasteiger charge is -2.27. The molecule has 17 heavy (non-hydrogen) atoms. The Labute approximate surface area is 103 Å². The van der Waals surface area contributed by atoms with Crippen molar-refractivity contribution < 1.29 is 5.11 Å². The molecule has 1 unspecified atom stereocenters. The van der Waals surface area contributed by atoms with Gasteiger partial charge in [-0.15, -0.1) is 0 Å². The maximum atomic E-state index is 9.82. The van der Waals surface area contributed by atoms with Gasteiger partial charge in [-0.25, -0.2) is 0 Å². The van der Waals surface area contributed by atoms with Gasteiger partial charge in [-0.05, 0) is 43.4 Å². The molecule has 0 amide bonds. The van der Waals surface area contributed by atoms with Crippen molar-refractivity contribution in [2.24, 2.45) is 0 Å². The second-order valence-electron chi connectivity index (χ2n) is 5.40. The van der Waals surface area contributed by atoms with Crippen LogP contribution in [0.5, 0.6) is 0 Å². The lowest BCUT2D eigenvalue weighted by atomic mass is 10.0. The van der Waals surface area contributed by atoms with Gasteiger partial charge in [0.2, 0.25) is 0 Å². The van der Waals surface area contributed by atoms with Gasteiger partial charge in [0.15, 0.2) is 0 Å². The molecular weight excluding hydrogens is 210 g/mol. The molecule has 1 aliphatic heterocycles. The predicted molar refractivity (Wildman–Crippen MR) is 70.4 cm³/mol. The van der Waals surface area contributed by atoms with Crippen molar-refractivity contribution in [3.05, 3.63) is 29.3 Å². The summed E-state index contributed by atoms with van der Waals surface area (Å²) in [6.45, 7) is 3.01. The van der Waals surface area contributed by atoms with Crippen LogP contribution in [-0.4, -0.2) is 17.7 Å². The Morgan fingerprint density at radius 1 is 1.29 bits per heavy atom. The fraction of sp³-hybridized carbons (Fsp3) is 0.600. The first-order valence-corrected chi connectivity index (χ1v) is 6.84. The van der Waals surface area contributed by atoms with Gasteiger partial charge in [0.1, 0.15) is 0 Å². The van der Waals surface area contributed by atoms with Gasteiger partial charge in [0.25, 0.3) is 0 Å². The molecule has 1 N–H and O–H groups in total. The first-order valence-electron chi connectivity index (χ1n) is 6.84. The van der Waals surface area contributed by atoms with E-state index in [-0.39, 0.29) is 6.10 Å². The van der Waals surface area contributed by atoms with Gasteiger partial charge in [-0.2, -0.15) is 0 Å². The van der Waals surface area contributed by atoms with E-state index in [4.69, 9.17) is 0 Å². The number of nitrogens with zero attached hydrogens (tertiary/aromatic N) is 1. The highest BCUT2D eigenvalue weighted by atomic mass is 16.3. The van der Waals surface area contributed by atoms with Gasteiger partial charge in [0.05, 0.1) is 6.10 Å². The molecule has 0 bridgehead atoms. The molecule has 0 radical (unpaired) electrons. The van der Waals surface area contributed by atoms with E-state index in [9.17, 15) is 5.11 Å². The number of aliphatic hydroxyl groups is 1. The van der Waals surface area contributed by atoms with Crippen LogP contribution in [0, 0.1) is 0 Å². The van der Waals surface area contributed by atoms with Crippen molar-refractivity contribution in [3.63, 3.8) is 0 Å². The molecule has 1 aliphatic carbocycles. The van der Waals surface area contributed by atoms with Crippen molar-refractivity contribution in [2.75, 3.05) is 11.4 Å². The standard InChI is InChI=1S/C15H21NO/c1-11(17)13-7-4-8-15-14(13)9-10-16(15)12-5-2-3-6-12/h4,7-8,11-12,17H,2-3,5-6,9-10H2,1H3. The van der Waals surface area contributed by atoms with Crippen molar-refractivity contribution in [2.45, 2.75) is 51.2 Å². The van der Waals surface area contributed by atoms with Crippen molar-refractivity contribution in [1.29, 1.82) is 0 Å². The molecule has 2 nitrogen and oxygen atoms in total. The molecule has 0 spiro atoms. The second kappa shape index (κ2) is 4.34. The zero-order chi connectivity index (χ0) is 11.8. The van der Waals surface area contributed by atoms with Gasteiger partial charge in [-0.1, -0.05) is 25.0 Å². The lowest BCUT2D eigenvalue weighted by molar-refractivity contribution is 0.198. The van der Waals surface area contributed by atoms with Crippen LogP contribution < -0.4 is 4.90 Å². The number of hydrogen-bond acceptors (Lipinski definition) is 2. The average Bonchev–Trinajstić information content (AvgIpc) is 2.96. The van der Waals surface area contributed by atoms with Crippen molar-refractivity contribution in [3.8, 4) is 0 Å². The first kappa shape index (κ1) is 11.1. The van der Waals surface area contributed by atoms with Gasteiger partial charge >= 0.3 is 0 Å². The smallest absolute Gasteiger partial charge is 0.0765 e. The number of anilines is 1. The maximum Gasteiger partial charge on any atom is 0.0765 e. The minimum atomic E-state index is -0.339. The molecular formula is C15H21NO. The van der Waals surface area contributed by atoms with Crippen LogP contribution in [-0.2, 0) is 6.42 Å². The molecule has 1 saturated carbocycles. The Hall–Kier alpha value is -1.02. The van der Waals surface area contributed by atoms with E-state index in [2.05, 4.69) is 23.1 Å². The summed E-state index contributed by atoms with van der Waals surface area (Å²) in [5.41, 5.74) is 3.90. The molecule has 0 aromatic heterocycles. The molecule has 1 aromatic carbocycles. The fourth-order valence-electron chi connectivity index (χ4n) is 3.47. The Balaban J connectivity index is 1.94. The summed E-state index contributed by atoms with van der Waals surface area (Å²) >= 11 is 0. The summed E-state index contributed by atoms with van der Waals surface area (Å²) in [5.74, 6) is 0. The number of aliphatic hydroxyl groups excluding tert-OH is 1. The molecule has 1 aromatic rings. The lowest BCUT2D eigenvalue weighted by Crippen LogP contribution is -2.31. The van der Waals surface area contributed by atoms with Crippen LogP contribution in [0.4, 0.5) is 5.69 Å². The van der Waals surface area contributed by atoms with Crippen molar-refractivity contribution in [1.82, 2.24) is 0 Å². The Morgan fingerprint density at radius 3 is 2.76 bits per heavy atom. The van der Waals surface area contributed by atoms with E-state index < -0.39 is 0 Å². The van der Waals surface area contributed by atoms with Gasteiger partial charge < -0.3 is 10.0 Å². The Morgan fingerprint density at radius 2 is 2.06 bits per heavy atom. The molecule has 2 aliphatic rings. The van der Waals surface area contributed by atoms with E-state index in [0.29, 0.717) is 0 Å². The quantitative estimate of drug-likeness (QED) is 0.845. The highest BCUT2D eigenvalue weighted by Crippen LogP contribution is 2.37. The number of hydrogen-bond donors (Lipinski definition) is 1. The molecule has 3 rings (SSSR count). The van der Waals surface area contributed by atoms with E-state index in [1.165, 1.54) is 36.9 Å². The predicted octanol–water partition coefficient (Wildman–Crippen LogP) is 3.05. The van der Waals surface area contributed by atoms with Crippen LogP contribution in [0.2, 0.25) is 0 Å². The van der Waals surface area contributed by atoms with Gasteiger partial charge in [0, 0.05) is 18.3 Å². The molecule has 2 heteroatoms. The average molecular weight is 231 g/mol. The largest absolute Gasteiger partial charge is 0.389 e. The zero-order valence-corrected chi connectivity index (χ0v) is 10.5. The monoisotopic (exact) mass is 231 g/mol. The molecule has 1 heterocycles. The summed E-state index contributed by atoms with van der Waals surface area (Å²) in [5, 5.41) is 9.82. The Bertz CT molecular complexity index is 407. The summed E-state index contributed by atoms with van der Waals surface area (Å²) in [7, 11) is 0. The summed E-state index contributed by atoms with van der Waals surface area (Å²) in [6.07, 6.45) is 6.22. The number of rotatable bonds is 2. The molecule has 1 fully saturated rings. The normalized spacial score (nSPS) is 21.9. The molecule has 92 valence electrons. The van der Waals surface area contributed by atoms with Crippen LogP contribution in [0.1, 0.15) is 49.8 Å². The van der Waals surface area contributed by atoms with Crippen LogP contribution in [0.3, 0.4) is 0 Å². The third-order valence-electron chi connectivity index (χ3n) is 4.32. The highest BCUT2D eigenvalue weighted by molar-refractivity contribution is 5.62. The summed E-state index contributed by atoms with van der Waals surface area (Å²) in [4.78, 5) is 2.58. The number of benzene rings is 1. The third-order valence-corrected chi connectivity index (χ3v) is 4.32. The molecule has 1 atom stereocenters. The summed E-state index contributed by atoms with van der Waals surface area (Å²) < 4.78 is 0. The highest BCUT2D eigenvalue weighted by Gasteiger charge is 2.29. The van der Waals surface area contributed by atoms with E-state index in [0.717, 1.165) is 24.6 Å². The maximum absolute atomic E-state index is 9.82. The third kappa shape index (κ3) is 1.85. The second-order valence-corrected chi connectivity index (χ2v) is 5.40. The minimum Gasteiger partial charge on any atom is -0.389 e. The first-order chi connectivity index (χ1) is 8.27. The zero-order valence-electron chi connectivity index (χ0n) is 10.5.